The quantitative estimate of drug-likeness (QED) is 0.647. The maximum absolute atomic E-state index is 9.68. The lowest BCUT2D eigenvalue weighted by atomic mass is 10.1. The van der Waals surface area contributed by atoms with Gasteiger partial charge in [-0.05, 0) is 32.2 Å². The summed E-state index contributed by atoms with van der Waals surface area (Å²) in [5.41, 5.74) is 0. The Labute approximate surface area is 99.8 Å². The Morgan fingerprint density at radius 2 is 1.81 bits per heavy atom. The van der Waals surface area contributed by atoms with Crippen LogP contribution in [0.1, 0.15) is 45.4 Å². The number of morpholine rings is 1. The Morgan fingerprint density at radius 3 is 2.50 bits per heavy atom. The molecule has 0 amide bonds. The average molecular weight is 229 g/mol. The van der Waals surface area contributed by atoms with Gasteiger partial charge in [0, 0.05) is 13.1 Å². The number of aliphatic hydroxyl groups is 1. The van der Waals surface area contributed by atoms with Crippen molar-refractivity contribution in [2.24, 2.45) is 0 Å². The summed E-state index contributed by atoms with van der Waals surface area (Å²) in [5, 5.41) is 9.68. The van der Waals surface area contributed by atoms with Crippen molar-refractivity contribution >= 4 is 0 Å². The van der Waals surface area contributed by atoms with Gasteiger partial charge in [-0.3, -0.25) is 4.90 Å². The third-order valence-corrected chi connectivity index (χ3v) is 3.26. The second kappa shape index (κ2) is 8.97. The zero-order chi connectivity index (χ0) is 11.6. The Morgan fingerprint density at radius 1 is 1.12 bits per heavy atom. The predicted molar refractivity (Wildman–Crippen MR) is 66.6 cm³/mol. The van der Waals surface area contributed by atoms with E-state index in [0.29, 0.717) is 0 Å². The molecule has 1 fully saturated rings. The number of ether oxygens (including phenoxy) is 1. The van der Waals surface area contributed by atoms with Crippen molar-refractivity contribution in [3.8, 4) is 0 Å². The topological polar surface area (TPSA) is 32.7 Å². The molecule has 3 nitrogen and oxygen atoms in total. The van der Waals surface area contributed by atoms with Crippen LogP contribution in [0, 0.1) is 0 Å². The van der Waals surface area contributed by atoms with E-state index in [4.69, 9.17) is 4.74 Å². The van der Waals surface area contributed by atoms with E-state index in [-0.39, 0.29) is 6.10 Å². The number of hydrogen-bond acceptors (Lipinski definition) is 3. The van der Waals surface area contributed by atoms with Crippen molar-refractivity contribution in [1.29, 1.82) is 0 Å². The van der Waals surface area contributed by atoms with E-state index in [0.717, 1.165) is 52.0 Å². The van der Waals surface area contributed by atoms with Gasteiger partial charge in [-0.1, -0.05) is 19.8 Å². The van der Waals surface area contributed by atoms with E-state index >= 15 is 0 Å². The maximum Gasteiger partial charge on any atom is 0.0594 e. The minimum Gasteiger partial charge on any atom is -0.393 e. The summed E-state index contributed by atoms with van der Waals surface area (Å²) in [4.78, 5) is 2.46. The van der Waals surface area contributed by atoms with Crippen molar-refractivity contribution in [2.45, 2.75) is 51.6 Å². The molecule has 0 aromatic heterocycles. The molecule has 1 heterocycles. The lowest BCUT2D eigenvalue weighted by Gasteiger charge is -2.26. The van der Waals surface area contributed by atoms with Gasteiger partial charge in [-0.15, -0.1) is 0 Å². The number of nitrogens with zero attached hydrogens (tertiary/aromatic N) is 1. The van der Waals surface area contributed by atoms with Crippen molar-refractivity contribution in [3.63, 3.8) is 0 Å². The van der Waals surface area contributed by atoms with Crippen molar-refractivity contribution in [2.75, 3.05) is 32.8 Å². The minimum atomic E-state index is -0.0651. The van der Waals surface area contributed by atoms with Crippen molar-refractivity contribution in [3.05, 3.63) is 0 Å². The lowest BCUT2D eigenvalue weighted by molar-refractivity contribution is 0.0365. The zero-order valence-corrected chi connectivity index (χ0v) is 10.7. The highest BCUT2D eigenvalue weighted by Gasteiger charge is 2.09. The van der Waals surface area contributed by atoms with Gasteiger partial charge in [-0.2, -0.15) is 0 Å². The van der Waals surface area contributed by atoms with E-state index in [1.165, 1.54) is 19.4 Å². The third kappa shape index (κ3) is 6.46. The number of hydrogen-bond donors (Lipinski definition) is 1. The monoisotopic (exact) mass is 229 g/mol. The molecule has 1 saturated heterocycles. The highest BCUT2D eigenvalue weighted by atomic mass is 16.5. The first kappa shape index (κ1) is 13.9. The van der Waals surface area contributed by atoms with Crippen LogP contribution in [-0.2, 0) is 4.74 Å². The molecule has 3 heteroatoms. The van der Waals surface area contributed by atoms with E-state index in [2.05, 4.69) is 11.8 Å². The molecule has 1 rings (SSSR count). The SMILES string of the molecule is CCCC[C@H](O)CCCCN1CCOCC1. The molecule has 1 atom stereocenters. The van der Waals surface area contributed by atoms with E-state index < -0.39 is 0 Å². The average Bonchev–Trinajstić information content (AvgIpc) is 2.33. The minimum absolute atomic E-state index is 0.0651. The summed E-state index contributed by atoms with van der Waals surface area (Å²) >= 11 is 0. The van der Waals surface area contributed by atoms with E-state index in [1.807, 2.05) is 0 Å². The first-order valence-electron chi connectivity index (χ1n) is 6.81. The summed E-state index contributed by atoms with van der Waals surface area (Å²) in [7, 11) is 0. The first-order chi connectivity index (χ1) is 7.83. The standard InChI is InChI=1S/C13H27NO2/c1-2-3-6-13(15)7-4-5-8-14-9-11-16-12-10-14/h13,15H,2-12H2,1H3/t13-/m0/s1. The van der Waals surface area contributed by atoms with Gasteiger partial charge >= 0.3 is 0 Å². The molecule has 1 aliphatic rings. The van der Waals surface area contributed by atoms with E-state index in [9.17, 15) is 5.11 Å². The summed E-state index contributed by atoms with van der Waals surface area (Å²) in [6.45, 7) is 7.28. The summed E-state index contributed by atoms with van der Waals surface area (Å²) in [5.74, 6) is 0. The van der Waals surface area contributed by atoms with Crippen molar-refractivity contribution in [1.82, 2.24) is 4.90 Å². The Hall–Kier alpha value is -0.120. The molecule has 1 N–H and O–H groups in total. The normalized spacial score (nSPS) is 19.9. The molecular weight excluding hydrogens is 202 g/mol. The first-order valence-corrected chi connectivity index (χ1v) is 6.81. The fraction of sp³-hybridized carbons (Fsp3) is 1.00. The highest BCUT2D eigenvalue weighted by molar-refractivity contribution is 4.63. The molecule has 0 spiro atoms. The van der Waals surface area contributed by atoms with Crippen LogP contribution in [0.5, 0.6) is 0 Å². The van der Waals surface area contributed by atoms with Crippen LogP contribution >= 0.6 is 0 Å². The Balaban J connectivity index is 1.90. The molecule has 0 saturated carbocycles. The van der Waals surface area contributed by atoms with Gasteiger partial charge < -0.3 is 9.84 Å². The number of aliphatic hydroxyl groups excluding tert-OH is 1. The predicted octanol–water partition coefficient (Wildman–Crippen LogP) is 2.04. The molecule has 0 aliphatic carbocycles. The van der Waals surface area contributed by atoms with Gasteiger partial charge in [0.25, 0.3) is 0 Å². The summed E-state index contributed by atoms with van der Waals surface area (Å²) < 4.78 is 5.31. The summed E-state index contributed by atoms with van der Waals surface area (Å²) in [6, 6.07) is 0. The number of rotatable bonds is 8. The maximum atomic E-state index is 9.68. The van der Waals surface area contributed by atoms with Crippen LogP contribution in [0.3, 0.4) is 0 Å². The van der Waals surface area contributed by atoms with Gasteiger partial charge in [-0.25, -0.2) is 0 Å². The fourth-order valence-corrected chi connectivity index (χ4v) is 2.12. The largest absolute Gasteiger partial charge is 0.393 e. The van der Waals surface area contributed by atoms with Gasteiger partial charge in [0.05, 0.1) is 19.3 Å². The fourth-order valence-electron chi connectivity index (χ4n) is 2.12. The van der Waals surface area contributed by atoms with Gasteiger partial charge in [0.1, 0.15) is 0 Å². The van der Waals surface area contributed by atoms with Gasteiger partial charge in [0.15, 0.2) is 0 Å². The zero-order valence-electron chi connectivity index (χ0n) is 10.7. The van der Waals surface area contributed by atoms with Gasteiger partial charge in [0.2, 0.25) is 0 Å². The smallest absolute Gasteiger partial charge is 0.0594 e. The Kier molecular flexibility index (Phi) is 7.81. The molecule has 0 radical (unpaired) electrons. The summed E-state index contributed by atoms with van der Waals surface area (Å²) in [6.07, 6.45) is 6.60. The molecule has 16 heavy (non-hydrogen) atoms. The highest BCUT2D eigenvalue weighted by Crippen LogP contribution is 2.09. The van der Waals surface area contributed by atoms with E-state index in [1.54, 1.807) is 0 Å². The molecular formula is C13H27NO2. The second-order valence-electron chi connectivity index (χ2n) is 4.75. The Bertz CT molecular complexity index is 158. The molecule has 96 valence electrons. The van der Waals surface area contributed by atoms with Crippen LogP contribution in [0.25, 0.3) is 0 Å². The van der Waals surface area contributed by atoms with Crippen LogP contribution in [0.4, 0.5) is 0 Å². The van der Waals surface area contributed by atoms with Crippen LogP contribution < -0.4 is 0 Å². The number of unbranched alkanes of at least 4 members (excludes halogenated alkanes) is 2. The lowest BCUT2D eigenvalue weighted by Crippen LogP contribution is -2.36. The van der Waals surface area contributed by atoms with Crippen molar-refractivity contribution < 1.29 is 9.84 Å². The molecule has 0 aromatic carbocycles. The van der Waals surface area contributed by atoms with Crippen LogP contribution in [0.15, 0.2) is 0 Å². The molecule has 0 bridgehead atoms. The molecule has 1 aliphatic heterocycles. The second-order valence-corrected chi connectivity index (χ2v) is 4.75. The molecule has 0 unspecified atom stereocenters. The molecule has 0 aromatic rings. The van der Waals surface area contributed by atoms with Crippen LogP contribution in [0.2, 0.25) is 0 Å². The third-order valence-electron chi connectivity index (χ3n) is 3.26. The van der Waals surface area contributed by atoms with Crippen LogP contribution in [-0.4, -0.2) is 49.0 Å².